The fourth-order valence-corrected chi connectivity index (χ4v) is 5.25. The Kier molecular flexibility index (Phi) is 5.91. The molecule has 0 bridgehead atoms. The molecule has 0 radical (unpaired) electrons. The summed E-state index contributed by atoms with van der Waals surface area (Å²) in [5.41, 5.74) is 10.4. The van der Waals surface area contributed by atoms with Crippen molar-refractivity contribution in [2.45, 2.75) is 30.8 Å². The lowest BCUT2D eigenvalue weighted by Crippen LogP contribution is -2.61. The third-order valence-electron chi connectivity index (χ3n) is 6.90. The zero-order valence-corrected chi connectivity index (χ0v) is 19.9. The van der Waals surface area contributed by atoms with E-state index < -0.39 is 17.0 Å². The van der Waals surface area contributed by atoms with Crippen molar-refractivity contribution in [2.75, 3.05) is 5.32 Å². The number of furan rings is 1. The molecule has 0 aliphatic carbocycles. The molecule has 0 fully saturated rings. The zero-order chi connectivity index (χ0) is 24.5. The molecule has 5 rings (SSSR count). The molecule has 0 aliphatic rings. The number of nitrogens with one attached hydrogen (secondary N) is 1. The number of rotatable bonds is 7. The lowest BCUT2D eigenvalue weighted by Gasteiger charge is -2.48. The summed E-state index contributed by atoms with van der Waals surface area (Å²) in [6, 6.07) is 35.3. The van der Waals surface area contributed by atoms with Crippen LogP contribution in [0.3, 0.4) is 0 Å². The zero-order valence-electron chi connectivity index (χ0n) is 19.9. The minimum absolute atomic E-state index is 0.328. The van der Waals surface area contributed by atoms with Crippen LogP contribution >= 0.6 is 0 Å². The van der Waals surface area contributed by atoms with E-state index in [2.05, 4.69) is 55.6 Å². The molecule has 0 saturated carbocycles. The molecule has 3 N–H and O–H groups in total. The van der Waals surface area contributed by atoms with E-state index in [1.54, 1.807) is 12.3 Å². The second-order valence-corrected chi connectivity index (χ2v) is 9.52. The summed E-state index contributed by atoms with van der Waals surface area (Å²) in [5, 5.41) is 4.25. The minimum atomic E-state index is -0.685. The standard InChI is InChI=1S/C31H29FN2O/c1-30(2,34-27-21-26(32)20-22-18-19-35-28(22)27)29(33)31(23-12-6-3-7-13-23,24-14-8-4-9-15-24)25-16-10-5-11-17-25/h3-21,29,34H,33H2,1-2H3. The first-order valence-corrected chi connectivity index (χ1v) is 11.8. The van der Waals surface area contributed by atoms with Gasteiger partial charge in [-0.2, -0.15) is 0 Å². The van der Waals surface area contributed by atoms with Gasteiger partial charge in [-0.05, 0) is 42.7 Å². The maximum absolute atomic E-state index is 14.5. The van der Waals surface area contributed by atoms with Crippen molar-refractivity contribution < 1.29 is 8.81 Å². The summed E-state index contributed by atoms with van der Waals surface area (Å²) in [5.74, 6) is -0.328. The Bertz CT molecular complexity index is 1320. The van der Waals surface area contributed by atoms with Crippen molar-refractivity contribution >= 4 is 16.7 Å². The number of halogens is 1. The van der Waals surface area contributed by atoms with Gasteiger partial charge in [-0.15, -0.1) is 0 Å². The van der Waals surface area contributed by atoms with Crippen LogP contribution in [0.5, 0.6) is 0 Å². The van der Waals surface area contributed by atoms with Crippen LogP contribution in [0, 0.1) is 5.82 Å². The number of anilines is 1. The third kappa shape index (κ3) is 4.00. The first-order chi connectivity index (χ1) is 16.9. The average molecular weight is 465 g/mol. The fourth-order valence-electron chi connectivity index (χ4n) is 5.25. The molecular formula is C31H29FN2O. The maximum Gasteiger partial charge on any atom is 0.157 e. The maximum atomic E-state index is 14.5. The van der Waals surface area contributed by atoms with Gasteiger partial charge in [-0.25, -0.2) is 4.39 Å². The quantitative estimate of drug-likeness (QED) is 0.252. The van der Waals surface area contributed by atoms with E-state index in [1.807, 2.05) is 54.6 Å². The van der Waals surface area contributed by atoms with Gasteiger partial charge in [0.2, 0.25) is 0 Å². The molecule has 1 atom stereocenters. The Balaban J connectivity index is 1.72. The number of benzene rings is 4. The van der Waals surface area contributed by atoms with Crippen molar-refractivity contribution in [3.8, 4) is 0 Å². The number of fused-ring (bicyclic) bond motifs is 1. The first kappa shape index (κ1) is 22.9. The highest BCUT2D eigenvalue weighted by Crippen LogP contribution is 2.45. The van der Waals surface area contributed by atoms with E-state index in [0.717, 1.165) is 16.7 Å². The van der Waals surface area contributed by atoms with Crippen LogP contribution in [0.15, 0.2) is 120 Å². The Morgan fingerprint density at radius 1 is 0.743 bits per heavy atom. The summed E-state index contributed by atoms with van der Waals surface area (Å²) in [4.78, 5) is 0. The normalized spacial score (nSPS) is 13.0. The van der Waals surface area contributed by atoms with Crippen molar-refractivity contribution in [3.05, 3.63) is 138 Å². The topological polar surface area (TPSA) is 51.2 Å². The number of hydrogen-bond donors (Lipinski definition) is 2. The molecule has 4 heteroatoms. The van der Waals surface area contributed by atoms with Gasteiger partial charge in [0.1, 0.15) is 5.82 Å². The first-order valence-electron chi connectivity index (χ1n) is 11.8. The van der Waals surface area contributed by atoms with Gasteiger partial charge in [-0.1, -0.05) is 91.0 Å². The molecule has 0 amide bonds. The van der Waals surface area contributed by atoms with Crippen LogP contribution < -0.4 is 11.1 Å². The van der Waals surface area contributed by atoms with Gasteiger partial charge in [-0.3, -0.25) is 0 Å². The Morgan fingerprint density at radius 2 is 1.23 bits per heavy atom. The van der Waals surface area contributed by atoms with Gasteiger partial charge in [0.25, 0.3) is 0 Å². The molecule has 1 heterocycles. The van der Waals surface area contributed by atoms with Crippen molar-refractivity contribution in [2.24, 2.45) is 5.73 Å². The number of nitrogens with two attached hydrogens (primary N) is 1. The van der Waals surface area contributed by atoms with E-state index in [0.29, 0.717) is 16.7 Å². The van der Waals surface area contributed by atoms with Crippen molar-refractivity contribution in [1.82, 2.24) is 0 Å². The van der Waals surface area contributed by atoms with Gasteiger partial charge in [0, 0.05) is 23.0 Å². The Morgan fingerprint density at radius 3 is 1.71 bits per heavy atom. The van der Waals surface area contributed by atoms with Crippen LogP contribution in [-0.2, 0) is 5.41 Å². The van der Waals surface area contributed by atoms with Gasteiger partial charge < -0.3 is 15.5 Å². The summed E-state index contributed by atoms with van der Waals surface area (Å²) >= 11 is 0. The van der Waals surface area contributed by atoms with E-state index in [9.17, 15) is 4.39 Å². The van der Waals surface area contributed by atoms with E-state index in [1.165, 1.54) is 12.1 Å². The summed E-state index contributed by atoms with van der Waals surface area (Å²) < 4.78 is 20.2. The van der Waals surface area contributed by atoms with E-state index in [4.69, 9.17) is 10.2 Å². The Hall–Kier alpha value is -3.89. The second kappa shape index (κ2) is 9.05. The predicted molar refractivity (Wildman–Crippen MR) is 141 cm³/mol. The van der Waals surface area contributed by atoms with E-state index >= 15 is 0 Å². The molecule has 1 aromatic heterocycles. The SMILES string of the molecule is CC(C)(Nc1cc(F)cc2ccoc12)C(N)C(c1ccccc1)(c1ccccc1)c1ccccc1. The third-order valence-corrected chi connectivity index (χ3v) is 6.90. The Labute approximate surface area is 205 Å². The van der Waals surface area contributed by atoms with Crippen molar-refractivity contribution in [1.29, 1.82) is 0 Å². The summed E-state index contributed by atoms with van der Waals surface area (Å²) in [6.45, 7) is 4.11. The molecule has 1 unspecified atom stereocenters. The monoisotopic (exact) mass is 464 g/mol. The molecule has 0 saturated heterocycles. The van der Waals surface area contributed by atoms with E-state index in [-0.39, 0.29) is 5.82 Å². The van der Waals surface area contributed by atoms with Crippen LogP contribution in [0.4, 0.5) is 10.1 Å². The second-order valence-electron chi connectivity index (χ2n) is 9.52. The van der Waals surface area contributed by atoms with Crippen LogP contribution in [0.1, 0.15) is 30.5 Å². The van der Waals surface area contributed by atoms with Gasteiger partial charge >= 0.3 is 0 Å². The highest BCUT2D eigenvalue weighted by molar-refractivity contribution is 5.89. The summed E-state index contributed by atoms with van der Waals surface area (Å²) in [6.07, 6.45) is 1.57. The smallest absolute Gasteiger partial charge is 0.157 e. The minimum Gasteiger partial charge on any atom is -0.462 e. The fraction of sp³-hybridized carbons (Fsp3) is 0.161. The van der Waals surface area contributed by atoms with Crippen LogP contribution in [0.2, 0.25) is 0 Å². The van der Waals surface area contributed by atoms with Gasteiger partial charge in [0.15, 0.2) is 5.58 Å². The van der Waals surface area contributed by atoms with Crippen LogP contribution in [0.25, 0.3) is 11.0 Å². The molecule has 35 heavy (non-hydrogen) atoms. The number of hydrogen-bond acceptors (Lipinski definition) is 3. The summed E-state index contributed by atoms with van der Waals surface area (Å²) in [7, 11) is 0. The molecule has 5 aromatic rings. The lowest BCUT2D eigenvalue weighted by molar-refractivity contribution is 0.345. The molecule has 4 aromatic carbocycles. The molecular weight excluding hydrogens is 435 g/mol. The predicted octanol–water partition coefficient (Wildman–Crippen LogP) is 7.12. The molecule has 3 nitrogen and oxygen atoms in total. The highest BCUT2D eigenvalue weighted by Gasteiger charge is 2.48. The average Bonchev–Trinajstić information content (AvgIpc) is 3.35. The molecule has 0 aliphatic heterocycles. The molecule has 176 valence electrons. The van der Waals surface area contributed by atoms with Crippen LogP contribution in [-0.4, -0.2) is 11.6 Å². The highest BCUT2D eigenvalue weighted by atomic mass is 19.1. The largest absolute Gasteiger partial charge is 0.462 e. The lowest BCUT2D eigenvalue weighted by atomic mass is 9.60. The molecule has 0 spiro atoms. The van der Waals surface area contributed by atoms with Gasteiger partial charge in [0.05, 0.1) is 17.4 Å². The van der Waals surface area contributed by atoms with Crippen molar-refractivity contribution in [3.63, 3.8) is 0 Å².